The van der Waals surface area contributed by atoms with Crippen molar-refractivity contribution in [2.45, 2.75) is 72.0 Å². The lowest BCUT2D eigenvalue weighted by molar-refractivity contribution is -0.128. The first kappa shape index (κ1) is 21.8. The minimum atomic E-state index is -1.07. The summed E-state index contributed by atoms with van der Waals surface area (Å²) in [6, 6.07) is 9.73. The van der Waals surface area contributed by atoms with Crippen molar-refractivity contribution in [3.05, 3.63) is 53.4 Å². The van der Waals surface area contributed by atoms with Gasteiger partial charge >= 0.3 is 0 Å². The van der Waals surface area contributed by atoms with Gasteiger partial charge in [-0.05, 0) is 62.3 Å². The lowest BCUT2D eigenvalue weighted by atomic mass is 9.77. The van der Waals surface area contributed by atoms with Gasteiger partial charge in [0.1, 0.15) is 11.2 Å². The van der Waals surface area contributed by atoms with Gasteiger partial charge in [0.2, 0.25) is 5.91 Å². The predicted molar refractivity (Wildman–Crippen MR) is 129 cm³/mol. The van der Waals surface area contributed by atoms with Crippen LogP contribution in [0.5, 0.6) is 0 Å². The normalized spacial score (nSPS) is 27.6. The lowest BCUT2D eigenvalue weighted by Crippen LogP contribution is -2.66. The number of rotatable bonds is 3. The Balaban J connectivity index is 1.59. The molecular formula is C27H33N3O3. The standard InChI is InChI=1S/C27H33N3O3/c1-16-9-10-20(13-18(16)3)30-25(31)23-14-24-22(11-12-33-24)29(23)15-27(30,5)26(32)28-21-8-6-7-17(2)19(21)4/h9-14,17,19,21H,6-8,15H2,1-5H3,(H,28,32)/t17-,19-,21-,27-/m1/s1. The molecule has 6 heteroatoms. The van der Waals surface area contributed by atoms with E-state index in [2.05, 4.69) is 19.2 Å². The van der Waals surface area contributed by atoms with Gasteiger partial charge in [0, 0.05) is 23.9 Å². The monoisotopic (exact) mass is 447 g/mol. The molecule has 0 spiro atoms. The minimum absolute atomic E-state index is 0.101. The maximum absolute atomic E-state index is 14.0. The first-order valence-electron chi connectivity index (χ1n) is 12.0. The van der Waals surface area contributed by atoms with E-state index in [9.17, 15) is 9.59 Å². The molecule has 2 amide bonds. The quantitative estimate of drug-likeness (QED) is 0.599. The molecule has 1 aliphatic heterocycles. The van der Waals surface area contributed by atoms with Crippen molar-refractivity contribution in [2.24, 2.45) is 11.8 Å². The minimum Gasteiger partial charge on any atom is -0.463 e. The van der Waals surface area contributed by atoms with Crippen molar-refractivity contribution >= 4 is 28.6 Å². The van der Waals surface area contributed by atoms with Crippen molar-refractivity contribution in [2.75, 3.05) is 4.90 Å². The van der Waals surface area contributed by atoms with Gasteiger partial charge in [-0.2, -0.15) is 0 Å². The highest BCUT2D eigenvalue weighted by molar-refractivity contribution is 6.13. The Bertz CT molecular complexity index is 1240. The molecule has 33 heavy (non-hydrogen) atoms. The predicted octanol–water partition coefficient (Wildman–Crippen LogP) is 5.21. The van der Waals surface area contributed by atoms with Crippen LogP contribution < -0.4 is 10.2 Å². The first-order chi connectivity index (χ1) is 15.7. The number of anilines is 1. The molecule has 2 aromatic heterocycles. The molecule has 4 atom stereocenters. The second kappa shape index (κ2) is 7.79. The largest absolute Gasteiger partial charge is 0.463 e. The zero-order valence-corrected chi connectivity index (χ0v) is 20.1. The first-order valence-corrected chi connectivity index (χ1v) is 12.0. The Morgan fingerprint density at radius 2 is 1.91 bits per heavy atom. The average molecular weight is 448 g/mol. The molecule has 2 aliphatic rings. The second-order valence-electron chi connectivity index (χ2n) is 10.3. The number of carbonyl (C=O) groups is 2. The van der Waals surface area contributed by atoms with Gasteiger partial charge in [0.25, 0.3) is 5.91 Å². The van der Waals surface area contributed by atoms with E-state index >= 15 is 0 Å². The van der Waals surface area contributed by atoms with Gasteiger partial charge in [-0.15, -0.1) is 0 Å². The fraction of sp³-hybridized carbons (Fsp3) is 0.481. The Labute approximate surface area is 194 Å². The summed E-state index contributed by atoms with van der Waals surface area (Å²) in [5.74, 6) is 0.695. The number of furan rings is 1. The number of aromatic nitrogens is 1. The molecular weight excluding hydrogens is 414 g/mol. The zero-order chi connectivity index (χ0) is 23.5. The smallest absolute Gasteiger partial charge is 0.276 e. The molecule has 1 aromatic carbocycles. The molecule has 3 heterocycles. The highest BCUT2D eigenvalue weighted by Crippen LogP contribution is 2.37. The number of amides is 2. The van der Waals surface area contributed by atoms with Crippen LogP contribution in [-0.4, -0.2) is 28.0 Å². The SMILES string of the molecule is Cc1ccc(N2C(=O)c3cc4occc4n3C[C@]2(C)C(=O)N[C@@H]2CCC[C@@H](C)[C@H]2C)cc1C. The van der Waals surface area contributed by atoms with E-state index in [4.69, 9.17) is 4.42 Å². The number of nitrogens with one attached hydrogen (secondary N) is 1. The van der Waals surface area contributed by atoms with Crippen LogP contribution in [-0.2, 0) is 11.3 Å². The Morgan fingerprint density at radius 1 is 1.12 bits per heavy atom. The number of carbonyl (C=O) groups excluding carboxylic acids is 2. The van der Waals surface area contributed by atoms with Crippen LogP contribution in [0.2, 0.25) is 0 Å². The summed E-state index contributed by atoms with van der Waals surface area (Å²) in [6.07, 6.45) is 4.92. The van der Waals surface area contributed by atoms with E-state index in [-0.39, 0.29) is 17.9 Å². The fourth-order valence-electron chi connectivity index (χ4n) is 5.59. The molecule has 3 aromatic rings. The van der Waals surface area contributed by atoms with Crippen LogP contribution in [0.15, 0.2) is 41.0 Å². The summed E-state index contributed by atoms with van der Waals surface area (Å²) in [5.41, 5.74) is 3.97. The van der Waals surface area contributed by atoms with E-state index in [1.807, 2.05) is 49.6 Å². The van der Waals surface area contributed by atoms with Gasteiger partial charge < -0.3 is 14.3 Å². The number of nitrogens with zero attached hydrogens (tertiary/aromatic N) is 2. The maximum atomic E-state index is 14.0. The van der Waals surface area contributed by atoms with Gasteiger partial charge in [-0.3, -0.25) is 14.5 Å². The van der Waals surface area contributed by atoms with Crippen molar-refractivity contribution in [3.8, 4) is 0 Å². The molecule has 0 unspecified atom stereocenters. The second-order valence-corrected chi connectivity index (χ2v) is 10.3. The molecule has 0 radical (unpaired) electrons. The van der Waals surface area contributed by atoms with Crippen molar-refractivity contribution in [1.29, 1.82) is 0 Å². The number of fused-ring (bicyclic) bond motifs is 3. The van der Waals surface area contributed by atoms with Gasteiger partial charge in [0.15, 0.2) is 5.58 Å². The number of hydrogen-bond acceptors (Lipinski definition) is 3. The van der Waals surface area contributed by atoms with Crippen molar-refractivity contribution < 1.29 is 14.0 Å². The molecule has 1 N–H and O–H groups in total. The van der Waals surface area contributed by atoms with E-state index in [0.29, 0.717) is 29.7 Å². The lowest BCUT2D eigenvalue weighted by Gasteiger charge is -2.45. The summed E-state index contributed by atoms with van der Waals surface area (Å²) >= 11 is 0. The van der Waals surface area contributed by atoms with Crippen LogP contribution in [0.1, 0.15) is 61.6 Å². The third kappa shape index (κ3) is 3.38. The molecule has 0 bridgehead atoms. The third-order valence-electron chi connectivity index (χ3n) is 8.17. The van der Waals surface area contributed by atoms with Gasteiger partial charge in [-0.1, -0.05) is 32.8 Å². The molecule has 1 saturated carbocycles. The molecule has 1 aliphatic carbocycles. The molecule has 5 rings (SSSR count). The number of hydrogen-bond donors (Lipinski definition) is 1. The van der Waals surface area contributed by atoms with E-state index < -0.39 is 5.54 Å². The number of aryl methyl sites for hydroxylation is 2. The van der Waals surface area contributed by atoms with Crippen LogP contribution in [0.3, 0.4) is 0 Å². The summed E-state index contributed by atoms with van der Waals surface area (Å²) in [5, 5.41) is 3.35. The fourth-order valence-corrected chi connectivity index (χ4v) is 5.59. The highest BCUT2D eigenvalue weighted by Gasteiger charge is 2.49. The van der Waals surface area contributed by atoms with E-state index in [1.165, 1.54) is 6.42 Å². The van der Waals surface area contributed by atoms with Crippen LogP contribution in [0, 0.1) is 25.7 Å². The molecule has 0 saturated heterocycles. The van der Waals surface area contributed by atoms with Crippen molar-refractivity contribution in [1.82, 2.24) is 9.88 Å². The van der Waals surface area contributed by atoms with Crippen molar-refractivity contribution in [3.63, 3.8) is 0 Å². The topological polar surface area (TPSA) is 67.5 Å². The van der Waals surface area contributed by atoms with E-state index in [0.717, 1.165) is 35.2 Å². The Hall–Kier alpha value is -3.02. The summed E-state index contributed by atoms with van der Waals surface area (Å²) in [7, 11) is 0. The molecule has 1 fully saturated rings. The van der Waals surface area contributed by atoms with Gasteiger partial charge in [-0.25, -0.2) is 0 Å². The Morgan fingerprint density at radius 3 is 2.67 bits per heavy atom. The van der Waals surface area contributed by atoms with Crippen LogP contribution in [0.4, 0.5) is 5.69 Å². The zero-order valence-electron chi connectivity index (χ0n) is 20.1. The Kier molecular flexibility index (Phi) is 5.15. The average Bonchev–Trinajstić information content (AvgIpc) is 3.36. The summed E-state index contributed by atoms with van der Waals surface area (Å²) in [6.45, 7) is 10.8. The summed E-state index contributed by atoms with van der Waals surface area (Å²) in [4.78, 5) is 29.6. The molecule has 174 valence electrons. The van der Waals surface area contributed by atoms with E-state index in [1.54, 1.807) is 17.2 Å². The molecule has 6 nitrogen and oxygen atoms in total. The van der Waals surface area contributed by atoms with Gasteiger partial charge in [0.05, 0.1) is 18.3 Å². The van der Waals surface area contributed by atoms with Crippen LogP contribution >= 0.6 is 0 Å². The third-order valence-corrected chi connectivity index (χ3v) is 8.17. The highest BCUT2D eigenvalue weighted by atomic mass is 16.3. The van der Waals surface area contributed by atoms with Crippen LogP contribution in [0.25, 0.3) is 11.1 Å². The maximum Gasteiger partial charge on any atom is 0.276 e. The summed E-state index contributed by atoms with van der Waals surface area (Å²) < 4.78 is 7.51. The number of benzene rings is 1.